The van der Waals surface area contributed by atoms with E-state index in [0.29, 0.717) is 34.5 Å². The molecule has 0 aromatic heterocycles. The van der Waals surface area contributed by atoms with Crippen LogP contribution in [0.3, 0.4) is 0 Å². The van der Waals surface area contributed by atoms with Crippen molar-refractivity contribution in [3.8, 4) is 34.5 Å². The fourth-order valence-corrected chi connectivity index (χ4v) is 3.78. The van der Waals surface area contributed by atoms with Crippen LogP contribution in [0.4, 0.5) is 0 Å². The van der Waals surface area contributed by atoms with Crippen LogP contribution in [0.5, 0.6) is 34.5 Å². The Kier molecular flexibility index (Phi) is 6.03. The number of methoxy groups -OCH3 is 4. The zero-order valence-electron chi connectivity index (χ0n) is 15.4. The Bertz CT molecular complexity index is 613. The van der Waals surface area contributed by atoms with Gasteiger partial charge in [-0.05, 0) is 24.3 Å². The van der Waals surface area contributed by atoms with Crippen molar-refractivity contribution in [1.82, 2.24) is 0 Å². The molecule has 0 saturated heterocycles. The molecule has 0 spiro atoms. The first-order valence-electron chi connectivity index (χ1n) is 7.75. The van der Waals surface area contributed by atoms with E-state index in [2.05, 4.69) is 0 Å². The fraction of sp³-hybridized carbons (Fsp3) is 0.333. The van der Waals surface area contributed by atoms with Gasteiger partial charge in [-0.1, -0.05) is 12.1 Å². The van der Waals surface area contributed by atoms with Gasteiger partial charge in [-0.2, -0.15) is 0 Å². The minimum atomic E-state index is -2.70. The molecule has 0 radical (unpaired) electrons. The van der Waals surface area contributed by atoms with E-state index in [0.717, 1.165) is 0 Å². The van der Waals surface area contributed by atoms with Gasteiger partial charge in [0.25, 0.3) is 0 Å². The lowest BCUT2D eigenvalue weighted by atomic mass is 10.3. The highest BCUT2D eigenvalue weighted by atomic mass is 28.4. The molecule has 0 aliphatic rings. The molecule has 6 nitrogen and oxygen atoms in total. The summed E-state index contributed by atoms with van der Waals surface area (Å²) >= 11 is 0. The summed E-state index contributed by atoms with van der Waals surface area (Å²) in [6.45, 7) is 3.84. The smallest absolute Gasteiger partial charge is 0.454 e. The van der Waals surface area contributed by atoms with Crippen molar-refractivity contribution in [1.29, 1.82) is 0 Å². The van der Waals surface area contributed by atoms with E-state index in [4.69, 9.17) is 27.8 Å². The van der Waals surface area contributed by atoms with Crippen molar-refractivity contribution in [3.05, 3.63) is 36.4 Å². The van der Waals surface area contributed by atoms with Crippen LogP contribution in [0, 0.1) is 0 Å². The molecule has 0 fully saturated rings. The zero-order chi connectivity index (χ0) is 18.4. The van der Waals surface area contributed by atoms with Crippen molar-refractivity contribution in [2.75, 3.05) is 28.4 Å². The predicted molar refractivity (Wildman–Crippen MR) is 97.8 cm³/mol. The van der Waals surface area contributed by atoms with Gasteiger partial charge in [0.15, 0.2) is 34.5 Å². The van der Waals surface area contributed by atoms with Gasteiger partial charge in [-0.3, -0.25) is 0 Å². The second-order valence-corrected chi connectivity index (χ2v) is 8.80. The molecule has 2 aromatic carbocycles. The van der Waals surface area contributed by atoms with Crippen molar-refractivity contribution >= 4 is 8.56 Å². The van der Waals surface area contributed by atoms with Crippen LogP contribution in [0.15, 0.2) is 36.4 Å². The van der Waals surface area contributed by atoms with E-state index in [1.54, 1.807) is 28.4 Å². The van der Waals surface area contributed by atoms with Gasteiger partial charge in [0.2, 0.25) is 0 Å². The number of hydrogen-bond acceptors (Lipinski definition) is 6. The normalized spacial score (nSPS) is 10.8. The minimum Gasteiger partial charge on any atom is -0.506 e. The van der Waals surface area contributed by atoms with Gasteiger partial charge in [-0.15, -0.1) is 0 Å². The predicted octanol–water partition coefficient (Wildman–Crippen LogP) is 3.88. The van der Waals surface area contributed by atoms with Gasteiger partial charge in [0, 0.05) is 13.1 Å². The first-order valence-corrected chi connectivity index (χ1v) is 10.6. The highest BCUT2D eigenvalue weighted by Crippen LogP contribution is 2.41. The molecule has 2 rings (SSSR count). The summed E-state index contributed by atoms with van der Waals surface area (Å²) in [6.07, 6.45) is 0. The number of hydrogen-bond donors (Lipinski definition) is 0. The molecule has 25 heavy (non-hydrogen) atoms. The first kappa shape index (κ1) is 18.8. The van der Waals surface area contributed by atoms with Gasteiger partial charge in [0.1, 0.15) is 0 Å². The molecule has 0 atom stereocenters. The van der Waals surface area contributed by atoms with Crippen LogP contribution in [-0.2, 0) is 0 Å². The Balaban J connectivity index is 2.36. The van der Waals surface area contributed by atoms with E-state index in [9.17, 15) is 0 Å². The topological polar surface area (TPSA) is 55.4 Å². The molecule has 0 saturated carbocycles. The van der Waals surface area contributed by atoms with Crippen molar-refractivity contribution < 1.29 is 27.8 Å². The zero-order valence-corrected chi connectivity index (χ0v) is 16.4. The molecule has 0 N–H and O–H groups in total. The summed E-state index contributed by atoms with van der Waals surface area (Å²) < 4.78 is 34.0. The molecule has 0 unspecified atom stereocenters. The van der Waals surface area contributed by atoms with E-state index < -0.39 is 8.56 Å². The highest BCUT2D eigenvalue weighted by molar-refractivity contribution is 6.66. The summed E-state index contributed by atoms with van der Waals surface area (Å²) in [4.78, 5) is 0. The highest BCUT2D eigenvalue weighted by Gasteiger charge is 2.34. The Labute approximate surface area is 149 Å². The first-order chi connectivity index (χ1) is 12.0. The number of para-hydroxylation sites is 2. The molecule has 0 heterocycles. The van der Waals surface area contributed by atoms with Crippen LogP contribution in [0.25, 0.3) is 0 Å². The van der Waals surface area contributed by atoms with Crippen molar-refractivity contribution in [3.63, 3.8) is 0 Å². The molecule has 0 amide bonds. The van der Waals surface area contributed by atoms with Crippen LogP contribution >= 0.6 is 0 Å². The minimum absolute atomic E-state index is 0.512. The van der Waals surface area contributed by atoms with Gasteiger partial charge >= 0.3 is 8.56 Å². The van der Waals surface area contributed by atoms with Crippen molar-refractivity contribution in [2.24, 2.45) is 0 Å². The quantitative estimate of drug-likeness (QED) is 0.663. The fourth-order valence-electron chi connectivity index (χ4n) is 2.35. The summed E-state index contributed by atoms with van der Waals surface area (Å²) in [5.41, 5.74) is 0. The second kappa shape index (κ2) is 8.02. The van der Waals surface area contributed by atoms with Gasteiger partial charge < -0.3 is 27.8 Å². The van der Waals surface area contributed by atoms with Crippen LogP contribution < -0.4 is 27.8 Å². The monoisotopic (exact) mass is 364 g/mol. The third kappa shape index (κ3) is 4.30. The summed E-state index contributed by atoms with van der Waals surface area (Å²) in [5.74, 6) is 3.34. The van der Waals surface area contributed by atoms with E-state index in [-0.39, 0.29) is 0 Å². The van der Waals surface area contributed by atoms with Gasteiger partial charge in [-0.25, -0.2) is 0 Å². The van der Waals surface area contributed by atoms with Crippen molar-refractivity contribution in [2.45, 2.75) is 13.1 Å². The maximum atomic E-state index is 6.20. The largest absolute Gasteiger partial charge is 0.506 e. The molecule has 0 bridgehead atoms. The number of benzene rings is 2. The average Bonchev–Trinajstić information content (AvgIpc) is 2.61. The third-order valence-electron chi connectivity index (χ3n) is 3.46. The lowest BCUT2D eigenvalue weighted by Crippen LogP contribution is -2.42. The van der Waals surface area contributed by atoms with Gasteiger partial charge in [0.05, 0.1) is 28.4 Å². The van der Waals surface area contributed by atoms with E-state index in [1.807, 2.05) is 49.5 Å². The van der Waals surface area contributed by atoms with E-state index >= 15 is 0 Å². The Morgan fingerprint density at radius 3 is 1.08 bits per heavy atom. The lowest BCUT2D eigenvalue weighted by Gasteiger charge is -2.28. The molecule has 0 aliphatic heterocycles. The molecule has 2 aromatic rings. The summed E-state index contributed by atoms with van der Waals surface area (Å²) in [5, 5.41) is 0. The molecule has 7 heteroatoms. The maximum absolute atomic E-state index is 6.20. The molecule has 136 valence electrons. The Morgan fingerprint density at radius 2 is 0.840 bits per heavy atom. The van der Waals surface area contributed by atoms with Crippen LogP contribution in [0.2, 0.25) is 13.1 Å². The SMILES string of the molecule is COc1cccc(OC)c1O[Si](C)(C)Oc1c(OC)cccc1OC. The molecular weight excluding hydrogens is 340 g/mol. The Morgan fingerprint density at radius 1 is 0.560 bits per heavy atom. The number of rotatable bonds is 8. The van der Waals surface area contributed by atoms with E-state index in [1.165, 1.54) is 0 Å². The van der Waals surface area contributed by atoms with Crippen LogP contribution in [-0.4, -0.2) is 37.0 Å². The second-order valence-electron chi connectivity index (χ2n) is 5.59. The maximum Gasteiger partial charge on any atom is 0.454 e. The average molecular weight is 364 g/mol. The Hall–Kier alpha value is -2.54. The lowest BCUT2D eigenvalue weighted by molar-refractivity contribution is 0.316. The third-order valence-corrected chi connectivity index (χ3v) is 4.85. The van der Waals surface area contributed by atoms with Crippen LogP contribution in [0.1, 0.15) is 0 Å². The summed E-state index contributed by atoms with van der Waals surface area (Å²) in [7, 11) is 3.64. The molecular formula is C18H24O6Si. The standard InChI is InChI=1S/C18H24O6Si/c1-19-13-9-7-10-14(20-2)17(13)23-25(5,6)24-18-15(21-3)11-8-12-16(18)22-4/h7-12H,1-6H3. The molecule has 0 aliphatic carbocycles. The summed E-state index contributed by atoms with van der Waals surface area (Å²) in [6, 6.07) is 10.9. The number of ether oxygens (including phenoxy) is 4.